The van der Waals surface area contributed by atoms with Crippen molar-refractivity contribution < 1.29 is 0 Å². The fourth-order valence-corrected chi connectivity index (χ4v) is 13.3. The third-order valence-electron chi connectivity index (χ3n) is 5.51. The van der Waals surface area contributed by atoms with Crippen molar-refractivity contribution in [2.24, 2.45) is 0 Å². The van der Waals surface area contributed by atoms with Crippen molar-refractivity contribution in [3.05, 3.63) is 89.0 Å². The maximum atomic E-state index is 2.46. The Balaban J connectivity index is 2.03. The normalized spacial score (nSPS) is 11.2. The van der Waals surface area contributed by atoms with E-state index in [1.807, 2.05) is 0 Å². The predicted molar refractivity (Wildman–Crippen MR) is 131 cm³/mol. The van der Waals surface area contributed by atoms with Crippen LogP contribution in [-0.2, 0) is 19.3 Å². The van der Waals surface area contributed by atoms with E-state index in [9.17, 15) is 0 Å². The third kappa shape index (κ3) is 5.79. The minimum atomic E-state index is -2.29. The van der Waals surface area contributed by atoms with E-state index in [4.69, 9.17) is 0 Å². The van der Waals surface area contributed by atoms with Gasteiger partial charge in [-0.15, -0.1) is 0 Å². The molecule has 0 N–H and O–H groups in total. The molecule has 0 aromatic heterocycles. The van der Waals surface area contributed by atoms with Gasteiger partial charge in [-0.25, -0.2) is 0 Å². The van der Waals surface area contributed by atoms with E-state index >= 15 is 0 Å². The van der Waals surface area contributed by atoms with Crippen LogP contribution >= 0.6 is 0 Å². The number of aryl methyl sites for hydroxylation is 4. The summed E-state index contributed by atoms with van der Waals surface area (Å²) in [6, 6.07) is 26.5. The van der Waals surface area contributed by atoms with Crippen LogP contribution in [0.25, 0.3) is 0 Å². The van der Waals surface area contributed by atoms with Crippen LogP contribution in [0.1, 0.15) is 62.3 Å². The van der Waals surface area contributed by atoms with Gasteiger partial charge in [0.15, 0.2) is 0 Å². The first-order valence-corrected chi connectivity index (χ1v) is 16.4. The molecule has 0 atom stereocenters. The quantitative estimate of drug-likeness (QED) is 0.299. The van der Waals surface area contributed by atoms with Crippen LogP contribution < -0.4 is 9.81 Å². The van der Waals surface area contributed by atoms with Crippen molar-refractivity contribution in [1.29, 1.82) is 0 Å². The molecule has 0 aliphatic heterocycles. The molecule has 0 spiro atoms. The molecule has 0 aliphatic carbocycles. The van der Waals surface area contributed by atoms with E-state index in [-0.39, 0.29) is 0 Å². The topological polar surface area (TPSA) is 0 Å². The summed E-state index contributed by atoms with van der Waals surface area (Å²) in [5.74, 6) is 0. The molecule has 0 nitrogen and oxygen atoms in total. The van der Waals surface area contributed by atoms with Gasteiger partial charge in [-0.3, -0.25) is 0 Å². The first kappa shape index (κ1) is 22.2. The average molecular weight is 581 g/mol. The summed E-state index contributed by atoms with van der Waals surface area (Å²) < 4.78 is 4.82. The molecule has 3 aromatic carbocycles. The molecule has 1 heteroatoms. The summed E-state index contributed by atoms with van der Waals surface area (Å²) in [4.78, 5) is 0. The van der Waals surface area contributed by atoms with E-state index < -0.39 is 21.8 Å². The standard InChI is InChI=1S/C10H13.2C9H11.Bi/c1-3-5-10-7-4-6-9(2)8-10;2*1-2-6-9-7-4-3-5-8-9;/h4,7-8H,3,5H2,1-2H3;2*4-5,7-8H,2,6H2,1H3;. The minimum absolute atomic E-state index is 1.18. The Hall–Kier alpha value is -1.46. The van der Waals surface area contributed by atoms with Crippen LogP contribution in [0, 0.1) is 6.92 Å². The molecule has 0 aliphatic rings. The third-order valence-corrected chi connectivity index (χ3v) is 15.7. The summed E-state index contributed by atoms with van der Waals surface area (Å²) >= 11 is -2.29. The molecule has 0 heterocycles. The van der Waals surface area contributed by atoms with E-state index in [1.165, 1.54) is 60.8 Å². The summed E-state index contributed by atoms with van der Waals surface area (Å²) in [5, 5.41) is 0. The van der Waals surface area contributed by atoms with E-state index in [1.54, 1.807) is 9.81 Å². The fraction of sp³-hybridized carbons (Fsp3) is 0.357. The molecule has 0 fully saturated rings. The van der Waals surface area contributed by atoms with Crippen LogP contribution in [0.5, 0.6) is 0 Å². The SMILES string of the molecule is CCCc1cc[c]([Bi]([c]2ccc(CCC)cc2)[c]2ccc(CCC)cc2C)cc1. The number of hydrogen-bond donors (Lipinski definition) is 0. The summed E-state index contributed by atoms with van der Waals surface area (Å²) in [6.45, 7) is 9.11. The number of rotatable bonds is 9. The Bertz CT molecular complexity index is 841. The molecular formula is C28H35Bi. The zero-order valence-corrected chi connectivity index (χ0v) is 22.0. The van der Waals surface area contributed by atoms with E-state index in [2.05, 4.69) is 94.4 Å². The zero-order valence-electron chi connectivity index (χ0n) is 18.5. The number of hydrogen-bond acceptors (Lipinski definition) is 0. The summed E-state index contributed by atoms with van der Waals surface area (Å²) in [7, 11) is 0. The Morgan fingerprint density at radius 2 is 0.966 bits per heavy atom. The van der Waals surface area contributed by atoms with Crippen molar-refractivity contribution >= 4 is 31.6 Å². The Morgan fingerprint density at radius 1 is 0.552 bits per heavy atom. The summed E-state index contributed by atoms with van der Waals surface area (Å²) in [6.07, 6.45) is 7.16. The summed E-state index contributed by atoms with van der Waals surface area (Å²) in [5.41, 5.74) is 5.90. The average Bonchev–Trinajstić information content (AvgIpc) is 2.73. The zero-order chi connectivity index (χ0) is 20.6. The van der Waals surface area contributed by atoms with Gasteiger partial charge >= 0.3 is 187 Å². The van der Waals surface area contributed by atoms with Gasteiger partial charge in [0.25, 0.3) is 0 Å². The Labute approximate surface area is 186 Å². The van der Waals surface area contributed by atoms with Gasteiger partial charge in [0, 0.05) is 0 Å². The molecular weight excluding hydrogens is 545 g/mol. The van der Waals surface area contributed by atoms with Gasteiger partial charge < -0.3 is 0 Å². The van der Waals surface area contributed by atoms with Crippen LogP contribution in [-0.4, -0.2) is 21.8 Å². The van der Waals surface area contributed by atoms with Crippen molar-refractivity contribution in [3.8, 4) is 0 Å². The fourth-order valence-electron chi connectivity index (χ4n) is 4.04. The predicted octanol–water partition coefficient (Wildman–Crippen LogP) is 5.37. The van der Waals surface area contributed by atoms with E-state index in [0.717, 1.165) is 0 Å². The molecule has 152 valence electrons. The molecule has 0 radical (unpaired) electrons. The van der Waals surface area contributed by atoms with Crippen LogP contribution in [0.4, 0.5) is 0 Å². The number of benzene rings is 3. The Morgan fingerprint density at radius 3 is 1.38 bits per heavy atom. The molecule has 3 aromatic rings. The van der Waals surface area contributed by atoms with Crippen molar-refractivity contribution in [2.75, 3.05) is 0 Å². The molecule has 29 heavy (non-hydrogen) atoms. The van der Waals surface area contributed by atoms with Crippen molar-refractivity contribution in [2.45, 2.75) is 66.2 Å². The Kier molecular flexibility index (Phi) is 8.49. The second-order valence-corrected chi connectivity index (χ2v) is 16.5. The monoisotopic (exact) mass is 580 g/mol. The molecule has 0 saturated carbocycles. The van der Waals surface area contributed by atoms with Gasteiger partial charge in [-0.2, -0.15) is 0 Å². The van der Waals surface area contributed by atoms with Gasteiger partial charge in [0.2, 0.25) is 0 Å². The van der Waals surface area contributed by atoms with Gasteiger partial charge in [-0.1, -0.05) is 0 Å². The first-order chi connectivity index (χ1) is 14.2. The second kappa shape index (κ2) is 11.1. The first-order valence-electron chi connectivity index (χ1n) is 11.2. The molecule has 0 unspecified atom stereocenters. The molecule has 0 bridgehead atoms. The molecule has 3 rings (SSSR count). The van der Waals surface area contributed by atoms with E-state index in [0.29, 0.717) is 0 Å². The second-order valence-electron chi connectivity index (χ2n) is 8.04. The molecule has 0 saturated heterocycles. The van der Waals surface area contributed by atoms with Crippen LogP contribution in [0.2, 0.25) is 0 Å². The van der Waals surface area contributed by atoms with Gasteiger partial charge in [-0.05, 0) is 0 Å². The van der Waals surface area contributed by atoms with Gasteiger partial charge in [0.05, 0.1) is 0 Å². The van der Waals surface area contributed by atoms with Crippen molar-refractivity contribution in [3.63, 3.8) is 0 Å². The van der Waals surface area contributed by atoms with Gasteiger partial charge in [0.1, 0.15) is 0 Å². The van der Waals surface area contributed by atoms with Crippen LogP contribution in [0.15, 0.2) is 66.7 Å². The van der Waals surface area contributed by atoms with Crippen molar-refractivity contribution in [1.82, 2.24) is 0 Å². The maximum absolute atomic E-state index is 2.46. The van der Waals surface area contributed by atoms with Crippen LogP contribution in [0.3, 0.4) is 0 Å². The molecule has 0 amide bonds.